The average molecular weight is 218 g/mol. The Bertz CT molecular complexity index is 341. The first kappa shape index (κ1) is 12.6. The SMILES string of the molecule is C=CCNc1ccc(N(CC)CC)cc1C. The molecule has 0 saturated heterocycles. The van der Waals surface area contributed by atoms with Crippen molar-refractivity contribution in [2.75, 3.05) is 29.9 Å². The van der Waals surface area contributed by atoms with Gasteiger partial charge in [-0.2, -0.15) is 0 Å². The van der Waals surface area contributed by atoms with Crippen LogP contribution in [0.5, 0.6) is 0 Å². The molecule has 0 radical (unpaired) electrons. The summed E-state index contributed by atoms with van der Waals surface area (Å²) in [4.78, 5) is 2.35. The minimum atomic E-state index is 0.811. The summed E-state index contributed by atoms with van der Waals surface area (Å²) >= 11 is 0. The van der Waals surface area contributed by atoms with E-state index >= 15 is 0 Å². The second kappa shape index (κ2) is 6.21. The molecule has 1 aromatic carbocycles. The third-order valence-electron chi connectivity index (χ3n) is 2.78. The molecular weight excluding hydrogens is 196 g/mol. The van der Waals surface area contributed by atoms with E-state index in [4.69, 9.17) is 0 Å². The molecule has 0 aromatic heterocycles. The fraction of sp³-hybridized carbons (Fsp3) is 0.429. The molecule has 1 rings (SSSR count). The fourth-order valence-electron chi connectivity index (χ4n) is 1.81. The highest BCUT2D eigenvalue weighted by atomic mass is 15.1. The minimum absolute atomic E-state index is 0.811. The fourth-order valence-corrected chi connectivity index (χ4v) is 1.81. The Morgan fingerprint density at radius 2 is 2.00 bits per heavy atom. The summed E-state index contributed by atoms with van der Waals surface area (Å²) in [6.07, 6.45) is 1.87. The van der Waals surface area contributed by atoms with E-state index in [-0.39, 0.29) is 0 Å². The molecule has 0 aliphatic rings. The van der Waals surface area contributed by atoms with Crippen molar-refractivity contribution in [1.82, 2.24) is 0 Å². The average Bonchev–Trinajstić information content (AvgIpc) is 2.29. The molecule has 0 aliphatic heterocycles. The second-order valence-electron chi connectivity index (χ2n) is 3.84. The van der Waals surface area contributed by atoms with Crippen LogP contribution >= 0.6 is 0 Å². The van der Waals surface area contributed by atoms with Gasteiger partial charge in [0.2, 0.25) is 0 Å². The lowest BCUT2D eigenvalue weighted by atomic mass is 10.1. The van der Waals surface area contributed by atoms with Gasteiger partial charge in [0.25, 0.3) is 0 Å². The third-order valence-corrected chi connectivity index (χ3v) is 2.78. The zero-order chi connectivity index (χ0) is 12.0. The number of anilines is 2. The van der Waals surface area contributed by atoms with Gasteiger partial charge in [-0.3, -0.25) is 0 Å². The van der Waals surface area contributed by atoms with Crippen LogP contribution < -0.4 is 10.2 Å². The molecule has 0 spiro atoms. The summed E-state index contributed by atoms with van der Waals surface area (Å²) in [6, 6.07) is 6.55. The van der Waals surface area contributed by atoms with Gasteiger partial charge in [-0.1, -0.05) is 6.08 Å². The Morgan fingerprint density at radius 1 is 1.31 bits per heavy atom. The zero-order valence-corrected chi connectivity index (χ0v) is 10.6. The first-order valence-electron chi connectivity index (χ1n) is 5.93. The minimum Gasteiger partial charge on any atom is -0.381 e. The third kappa shape index (κ3) is 3.02. The Hall–Kier alpha value is -1.44. The molecule has 2 heteroatoms. The molecular formula is C14H22N2. The van der Waals surface area contributed by atoms with Crippen LogP contribution in [0.1, 0.15) is 19.4 Å². The molecule has 0 unspecified atom stereocenters. The molecule has 1 aromatic rings. The second-order valence-corrected chi connectivity index (χ2v) is 3.84. The molecule has 0 fully saturated rings. The molecule has 0 bridgehead atoms. The van der Waals surface area contributed by atoms with E-state index in [1.54, 1.807) is 0 Å². The Balaban J connectivity index is 2.85. The highest BCUT2D eigenvalue weighted by Crippen LogP contribution is 2.22. The molecule has 0 heterocycles. The van der Waals surface area contributed by atoms with Crippen LogP contribution in [-0.2, 0) is 0 Å². The van der Waals surface area contributed by atoms with Crippen LogP contribution in [0, 0.1) is 6.92 Å². The Labute approximate surface area is 99.0 Å². The molecule has 2 nitrogen and oxygen atoms in total. The highest BCUT2D eigenvalue weighted by molar-refractivity contribution is 5.60. The van der Waals surface area contributed by atoms with Crippen LogP contribution in [0.15, 0.2) is 30.9 Å². The summed E-state index contributed by atoms with van der Waals surface area (Å²) in [6.45, 7) is 13.1. The van der Waals surface area contributed by atoms with E-state index in [1.807, 2.05) is 6.08 Å². The molecule has 0 saturated carbocycles. The van der Waals surface area contributed by atoms with E-state index in [0.717, 1.165) is 19.6 Å². The molecule has 16 heavy (non-hydrogen) atoms. The Kier molecular flexibility index (Phi) is 4.90. The van der Waals surface area contributed by atoms with Crippen molar-refractivity contribution in [3.8, 4) is 0 Å². The van der Waals surface area contributed by atoms with Crippen molar-refractivity contribution in [2.24, 2.45) is 0 Å². The maximum atomic E-state index is 3.71. The van der Waals surface area contributed by atoms with Crippen molar-refractivity contribution in [3.05, 3.63) is 36.4 Å². The number of hydrogen-bond donors (Lipinski definition) is 1. The van der Waals surface area contributed by atoms with E-state index in [9.17, 15) is 0 Å². The van der Waals surface area contributed by atoms with Crippen LogP contribution in [0.2, 0.25) is 0 Å². The molecule has 88 valence electrons. The molecule has 0 amide bonds. The van der Waals surface area contributed by atoms with Gasteiger partial charge in [0, 0.05) is 31.0 Å². The van der Waals surface area contributed by atoms with Gasteiger partial charge in [-0.05, 0) is 44.5 Å². The van der Waals surface area contributed by atoms with Gasteiger partial charge in [0.15, 0.2) is 0 Å². The summed E-state index contributed by atoms with van der Waals surface area (Å²) in [7, 11) is 0. The lowest BCUT2D eigenvalue weighted by Crippen LogP contribution is -2.21. The molecule has 1 N–H and O–H groups in total. The number of rotatable bonds is 6. The number of nitrogens with one attached hydrogen (secondary N) is 1. The van der Waals surface area contributed by atoms with Gasteiger partial charge in [0.05, 0.1) is 0 Å². The van der Waals surface area contributed by atoms with E-state index in [0.29, 0.717) is 0 Å². The number of aryl methyl sites for hydroxylation is 1. The first-order chi connectivity index (χ1) is 7.72. The summed E-state index contributed by atoms with van der Waals surface area (Å²) in [5, 5.41) is 3.33. The van der Waals surface area contributed by atoms with Crippen molar-refractivity contribution in [3.63, 3.8) is 0 Å². The highest BCUT2D eigenvalue weighted by Gasteiger charge is 2.03. The lowest BCUT2D eigenvalue weighted by molar-refractivity contribution is 0.865. The topological polar surface area (TPSA) is 15.3 Å². The number of benzene rings is 1. The van der Waals surface area contributed by atoms with Gasteiger partial charge in [-0.15, -0.1) is 6.58 Å². The predicted octanol–water partition coefficient (Wildman–Crippen LogP) is 3.44. The number of hydrogen-bond acceptors (Lipinski definition) is 2. The van der Waals surface area contributed by atoms with Crippen molar-refractivity contribution >= 4 is 11.4 Å². The largest absolute Gasteiger partial charge is 0.381 e. The van der Waals surface area contributed by atoms with Gasteiger partial charge >= 0.3 is 0 Å². The lowest BCUT2D eigenvalue weighted by Gasteiger charge is -2.22. The summed E-state index contributed by atoms with van der Waals surface area (Å²) in [5.74, 6) is 0. The van der Waals surface area contributed by atoms with Gasteiger partial charge in [-0.25, -0.2) is 0 Å². The van der Waals surface area contributed by atoms with Gasteiger partial charge < -0.3 is 10.2 Å². The summed E-state index contributed by atoms with van der Waals surface area (Å²) < 4.78 is 0. The monoisotopic (exact) mass is 218 g/mol. The van der Waals surface area contributed by atoms with Crippen molar-refractivity contribution < 1.29 is 0 Å². The smallest absolute Gasteiger partial charge is 0.0373 e. The van der Waals surface area contributed by atoms with Crippen molar-refractivity contribution in [1.29, 1.82) is 0 Å². The Morgan fingerprint density at radius 3 is 2.50 bits per heavy atom. The van der Waals surface area contributed by atoms with E-state index in [1.165, 1.54) is 16.9 Å². The standard InChI is InChI=1S/C14H22N2/c1-5-10-15-14-9-8-13(11-12(14)4)16(6-2)7-3/h5,8-9,11,15H,1,6-7,10H2,2-4H3. The molecule has 0 aliphatic carbocycles. The summed E-state index contributed by atoms with van der Waals surface area (Å²) in [5.41, 5.74) is 3.77. The van der Waals surface area contributed by atoms with Crippen molar-refractivity contribution in [2.45, 2.75) is 20.8 Å². The molecule has 0 atom stereocenters. The first-order valence-corrected chi connectivity index (χ1v) is 5.93. The van der Waals surface area contributed by atoms with Gasteiger partial charge in [0.1, 0.15) is 0 Å². The zero-order valence-electron chi connectivity index (χ0n) is 10.6. The quantitative estimate of drug-likeness (QED) is 0.736. The van der Waals surface area contributed by atoms with Crippen LogP contribution in [0.4, 0.5) is 11.4 Å². The predicted molar refractivity (Wildman–Crippen MR) is 73.4 cm³/mol. The van der Waals surface area contributed by atoms with Crippen LogP contribution in [-0.4, -0.2) is 19.6 Å². The van der Waals surface area contributed by atoms with Crippen LogP contribution in [0.25, 0.3) is 0 Å². The number of nitrogens with zero attached hydrogens (tertiary/aromatic N) is 1. The van der Waals surface area contributed by atoms with E-state index in [2.05, 4.69) is 55.8 Å². The van der Waals surface area contributed by atoms with E-state index < -0.39 is 0 Å². The maximum Gasteiger partial charge on any atom is 0.0373 e. The maximum absolute atomic E-state index is 3.71. The normalized spacial score (nSPS) is 9.94. The van der Waals surface area contributed by atoms with Crippen LogP contribution in [0.3, 0.4) is 0 Å².